The summed E-state index contributed by atoms with van der Waals surface area (Å²) < 4.78 is 1.58. The first-order valence-corrected chi connectivity index (χ1v) is 8.01. The average molecular weight is 364 g/mol. The van der Waals surface area contributed by atoms with Gasteiger partial charge >= 0.3 is 0 Å². The zero-order valence-corrected chi connectivity index (χ0v) is 14.1. The summed E-state index contributed by atoms with van der Waals surface area (Å²) in [5, 5.41) is 9.30. The molecule has 0 fully saturated rings. The van der Waals surface area contributed by atoms with Crippen LogP contribution in [0, 0.1) is 0 Å². The van der Waals surface area contributed by atoms with E-state index < -0.39 is 5.91 Å². The molecule has 2 heterocycles. The predicted octanol–water partition coefficient (Wildman–Crippen LogP) is 1.41. The summed E-state index contributed by atoms with van der Waals surface area (Å²) in [6.45, 7) is 0.429. The van der Waals surface area contributed by atoms with Crippen LogP contribution in [0.2, 0.25) is 0 Å². The highest BCUT2D eigenvalue weighted by molar-refractivity contribution is 6.04. The van der Waals surface area contributed by atoms with Crippen molar-refractivity contribution in [2.24, 2.45) is 0 Å². The lowest BCUT2D eigenvalue weighted by atomic mass is 10.2. The second-order valence-electron chi connectivity index (χ2n) is 5.47. The Morgan fingerprint density at radius 2 is 1.89 bits per heavy atom. The van der Waals surface area contributed by atoms with E-state index >= 15 is 0 Å². The van der Waals surface area contributed by atoms with Gasteiger partial charge in [0, 0.05) is 23.5 Å². The van der Waals surface area contributed by atoms with Crippen LogP contribution < -0.4 is 16.2 Å². The second-order valence-corrected chi connectivity index (χ2v) is 5.47. The molecule has 1 aromatic carbocycles. The number of nitrogens with one attached hydrogen (secondary N) is 3. The number of aromatic amines is 1. The monoisotopic (exact) mass is 364 g/mol. The van der Waals surface area contributed by atoms with Crippen molar-refractivity contribution in [3.8, 4) is 0 Å². The molecule has 27 heavy (non-hydrogen) atoms. The lowest BCUT2D eigenvalue weighted by Crippen LogP contribution is -2.18. The SMILES string of the molecule is O=C(/C=C/Cn1cncn1)Nc1cccc(NC(=O)c2cccc(=O)[nH]2)c1. The molecule has 9 heteroatoms. The number of anilines is 2. The number of carbonyl (C=O) groups is 2. The van der Waals surface area contributed by atoms with Crippen molar-refractivity contribution in [3.05, 3.63) is 83.3 Å². The Morgan fingerprint density at radius 1 is 1.11 bits per heavy atom. The average Bonchev–Trinajstić information content (AvgIpc) is 3.15. The highest BCUT2D eigenvalue weighted by atomic mass is 16.2. The van der Waals surface area contributed by atoms with Gasteiger partial charge in [0.2, 0.25) is 11.5 Å². The first kappa shape index (κ1) is 17.8. The predicted molar refractivity (Wildman–Crippen MR) is 99.2 cm³/mol. The van der Waals surface area contributed by atoms with E-state index in [2.05, 4.69) is 25.7 Å². The molecule has 3 rings (SSSR count). The molecule has 3 aromatic rings. The van der Waals surface area contributed by atoms with Crippen LogP contribution in [-0.4, -0.2) is 31.6 Å². The van der Waals surface area contributed by atoms with E-state index in [1.807, 2.05) is 0 Å². The Bertz CT molecular complexity index is 1020. The minimum Gasteiger partial charge on any atom is -0.322 e. The van der Waals surface area contributed by atoms with Crippen LogP contribution in [-0.2, 0) is 11.3 Å². The Labute approximate surface area is 153 Å². The molecule has 0 aliphatic heterocycles. The number of aromatic nitrogens is 4. The smallest absolute Gasteiger partial charge is 0.272 e. The molecule has 0 saturated carbocycles. The molecule has 2 amide bonds. The summed E-state index contributed by atoms with van der Waals surface area (Å²) in [6.07, 6.45) is 6.01. The number of rotatable bonds is 6. The van der Waals surface area contributed by atoms with Crippen molar-refractivity contribution in [1.82, 2.24) is 19.7 Å². The Morgan fingerprint density at radius 3 is 2.63 bits per heavy atom. The first-order chi connectivity index (χ1) is 13.1. The summed E-state index contributed by atoms with van der Waals surface area (Å²) in [5.74, 6) is -0.769. The maximum atomic E-state index is 12.2. The molecule has 0 aliphatic carbocycles. The minimum atomic E-state index is -0.455. The van der Waals surface area contributed by atoms with Gasteiger partial charge < -0.3 is 15.6 Å². The van der Waals surface area contributed by atoms with Crippen molar-refractivity contribution < 1.29 is 9.59 Å². The minimum absolute atomic E-state index is 0.146. The van der Waals surface area contributed by atoms with E-state index in [-0.39, 0.29) is 17.2 Å². The number of carbonyl (C=O) groups excluding carboxylic acids is 2. The molecule has 0 unspecified atom stereocenters. The van der Waals surface area contributed by atoms with Crippen molar-refractivity contribution in [3.63, 3.8) is 0 Å². The number of pyridine rings is 1. The van der Waals surface area contributed by atoms with Gasteiger partial charge in [-0.3, -0.25) is 14.4 Å². The number of amides is 2. The number of benzene rings is 1. The summed E-state index contributed by atoms with van der Waals surface area (Å²) in [5.41, 5.74) is 0.785. The number of hydrogen-bond acceptors (Lipinski definition) is 5. The Balaban J connectivity index is 1.59. The third-order valence-corrected chi connectivity index (χ3v) is 3.43. The molecule has 136 valence electrons. The van der Waals surface area contributed by atoms with Gasteiger partial charge in [-0.05, 0) is 24.3 Å². The normalized spacial score (nSPS) is 10.7. The van der Waals surface area contributed by atoms with Crippen LogP contribution in [0.1, 0.15) is 10.5 Å². The third kappa shape index (κ3) is 5.23. The maximum absolute atomic E-state index is 12.2. The van der Waals surface area contributed by atoms with Crippen LogP contribution in [0.25, 0.3) is 0 Å². The van der Waals surface area contributed by atoms with Crippen molar-refractivity contribution in [2.75, 3.05) is 10.6 Å². The topological polar surface area (TPSA) is 122 Å². The summed E-state index contributed by atoms with van der Waals surface area (Å²) in [7, 11) is 0. The van der Waals surface area contributed by atoms with Gasteiger partial charge in [-0.1, -0.05) is 18.2 Å². The van der Waals surface area contributed by atoms with E-state index in [4.69, 9.17) is 0 Å². The molecule has 9 nitrogen and oxygen atoms in total. The van der Waals surface area contributed by atoms with Gasteiger partial charge in [0.25, 0.3) is 5.91 Å². The first-order valence-electron chi connectivity index (χ1n) is 8.01. The standard InChI is InChI=1S/C18H16N6O3/c25-16(8-3-9-24-12-19-11-20-24)21-13-4-1-5-14(10-13)22-18(27)15-6-2-7-17(26)23-15/h1-8,10-12H,9H2,(H,21,25)(H,22,27)(H,23,26)/b8-3+. The summed E-state index contributed by atoms with van der Waals surface area (Å²) >= 11 is 0. The van der Waals surface area contributed by atoms with Crippen molar-refractivity contribution in [2.45, 2.75) is 6.54 Å². The zero-order valence-electron chi connectivity index (χ0n) is 14.1. The zero-order chi connectivity index (χ0) is 19.1. The van der Waals surface area contributed by atoms with Crippen molar-refractivity contribution in [1.29, 1.82) is 0 Å². The highest BCUT2D eigenvalue weighted by Gasteiger charge is 2.07. The number of nitrogens with zero attached hydrogens (tertiary/aromatic N) is 3. The molecule has 0 aliphatic rings. The lowest BCUT2D eigenvalue weighted by molar-refractivity contribution is -0.111. The molecule has 0 radical (unpaired) electrons. The van der Waals surface area contributed by atoms with E-state index in [9.17, 15) is 14.4 Å². The number of hydrogen-bond donors (Lipinski definition) is 3. The van der Waals surface area contributed by atoms with E-state index in [0.717, 1.165) is 0 Å². The Hall–Kier alpha value is -4.01. The van der Waals surface area contributed by atoms with Crippen LogP contribution in [0.5, 0.6) is 0 Å². The van der Waals surface area contributed by atoms with Crippen molar-refractivity contribution >= 4 is 23.2 Å². The molecular weight excluding hydrogens is 348 g/mol. The fourth-order valence-electron chi connectivity index (χ4n) is 2.23. The van der Waals surface area contributed by atoms with Gasteiger partial charge in [0.1, 0.15) is 18.3 Å². The van der Waals surface area contributed by atoms with Gasteiger partial charge in [-0.2, -0.15) is 5.10 Å². The molecule has 3 N–H and O–H groups in total. The molecule has 0 atom stereocenters. The number of H-pyrrole nitrogens is 1. The van der Waals surface area contributed by atoms with Crippen LogP contribution >= 0.6 is 0 Å². The lowest BCUT2D eigenvalue weighted by Gasteiger charge is -2.08. The van der Waals surface area contributed by atoms with E-state index in [0.29, 0.717) is 17.9 Å². The van der Waals surface area contributed by atoms with E-state index in [1.54, 1.807) is 41.4 Å². The molecule has 2 aromatic heterocycles. The number of allylic oxidation sites excluding steroid dienone is 1. The quantitative estimate of drug-likeness (QED) is 0.571. The van der Waals surface area contributed by atoms with Gasteiger partial charge in [-0.25, -0.2) is 9.67 Å². The fourth-order valence-corrected chi connectivity index (χ4v) is 2.23. The Kier molecular flexibility index (Phi) is 5.53. The fraction of sp³-hybridized carbons (Fsp3) is 0.0556. The molecule has 0 bridgehead atoms. The van der Waals surface area contributed by atoms with Gasteiger partial charge in [0.05, 0.1) is 6.54 Å². The third-order valence-electron chi connectivity index (χ3n) is 3.43. The molecular formula is C18H16N6O3. The summed E-state index contributed by atoms with van der Waals surface area (Å²) in [4.78, 5) is 41.7. The second kappa shape index (κ2) is 8.39. The van der Waals surface area contributed by atoms with E-state index in [1.165, 1.54) is 30.6 Å². The summed E-state index contributed by atoms with van der Waals surface area (Å²) in [6, 6.07) is 11.0. The van der Waals surface area contributed by atoms with Crippen LogP contribution in [0.15, 0.2) is 72.1 Å². The maximum Gasteiger partial charge on any atom is 0.272 e. The highest BCUT2D eigenvalue weighted by Crippen LogP contribution is 2.15. The van der Waals surface area contributed by atoms with Gasteiger partial charge in [-0.15, -0.1) is 0 Å². The molecule has 0 spiro atoms. The van der Waals surface area contributed by atoms with Gasteiger partial charge in [0.15, 0.2) is 0 Å². The van der Waals surface area contributed by atoms with Crippen LogP contribution in [0.4, 0.5) is 11.4 Å². The molecule has 0 saturated heterocycles. The largest absolute Gasteiger partial charge is 0.322 e. The van der Waals surface area contributed by atoms with Crippen LogP contribution in [0.3, 0.4) is 0 Å².